The van der Waals surface area contributed by atoms with Crippen molar-refractivity contribution in [3.05, 3.63) is 76.5 Å². The molecule has 4 rings (SSSR count). The van der Waals surface area contributed by atoms with E-state index in [4.69, 9.17) is 14.6 Å². The first-order valence-corrected chi connectivity index (χ1v) is 13.0. The van der Waals surface area contributed by atoms with Crippen LogP contribution in [0.2, 0.25) is 0 Å². The van der Waals surface area contributed by atoms with E-state index in [2.05, 4.69) is 42.3 Å². The minimum absolute atomic E-state index is 0.302. The lowest BCUT2D eigenvalue weighted by atomic mass is 9.96. The van der Waals surface area contributed by atoms with Gasteiger partial charge < -0.3 is 14.8 Å². The molecule has 7 nitrogen and oxygen atoms in total. The molecule has 35 heavy (non-hydrogen) atoms. The van der Waals surface area contributed by atoms with E-state index in [9.17, 15) is 4.79 Å². The summed E-state index contributed by atoms with van der Waals surface area (Å²) in [5.74, 6) is 1.98. The van der Waals surface area contributed by atoms with E-state index in [0.29, 0.717) is 29.9 Å². The van der Waals surface area contributed by atoms with Crippen LogP contribution in [0.1, 0.15) is 56.3 Å². The topological polar surface area (TPSA) is 78.3 Å². The standard InChI is InChI=1S/C27H32N4O3S/c1-5-7-15-35-27-29-26-28-19(4)23(25(32)33-6-2)24(31(26)30-27)21-11-13-22(14-12-21)34-17-20-10-8-9-18(3)16-20/h8-14,16,24H,5-7,15,17H2,1-4H3,(H,28,29,30). The number of ether oxygens (including phenoxy) is 2. The highest BCUT2D eigenvalue weighted by atomic mass is 32.2. The SMILES string of the molecule is CCCCSc1nc2n(n1)C(c1ccc(OCc3cccc(C)c3)cc1)C(C(=O)OCC)=C(C)N2. The van der Waals surface area contributed by atoms with Gasteiger partial charge in [0.15, 0.2) is 0 Å². The maximum Gasteiger partial charge on any atom is 0.338 e. The monoisotopic (exact) mass is 492 g/mol. The van der Waals surface area contributed by atoms with Crippen molar-refractivity contribution >= 4 is 23.7 Å². The first-order chi connectivity index (χ1) is 17.0. The number of hydrogen-bond donors (Lipinski definition) is 1. The zero-order valence-corrected chi connectivity index (χ0v) is 21.5. The van der Waals surface area contributed by atoms with Gasteiger partial charge in [0.2, 0.25) is 11.1 Å². The fraction of sp³-hybridized carbons (Fsp3) is 0.370. The molecule has 1 N–H and O–H groups in total. The first-order valence-electron chi connectivity index (χ1n) is 12.0. The van der Waals surface area contributed by atoms with Gasteiger partial charge in [-0.15, -0.1) is 5.10 Å². The number of carbonyl (C=O) groups is 1. The number of unbranched alkanes of at least 4 members (excludes halogenated alkanes) is 1. The molecular formula is C27H32N4O3S. The van der Waals surface area contributed by atoms with Gasteiger partial charge in [-0.3, -0.25) is 0 Å². The van der Waals surface area contributed by atoms with Crippen LogP contribution in [0, 0.1) is 6.92 Å². The Morgan fingerprint density at radius 2 is 1.94 bits per heavy atom. The predicted octanol–water partition coefficient (Wildman–Crippen LogP) is 5.91. The van der Waals surface area contributed by atoms with Crippen LogP contribution in [-0.4, -0.2) is 33.1 Å². The molecule has 0 spiro atoms. The van der Waals surface area contributed by atoms with Gasteiger partial charge in [-0.2, -0.15) is 4.98 Å². The van der Waals surface area contributed by atoms with Gasteiger partial charge in [0, 0.05) is 11.4 Å². The number of fused-ring (bicyclic) bond motifs is 1. The summed E-state index contributed by atoms with van der Waals surface area (Å²) in [5, 5.41) is 8.69. The minimum Gasteiger partial charge on any atom is -0.489 e. The third-order valence-corrected chi connectivity index (χ3v) is 6.67. The number of nitrogens with one attached hydrogen (secondary N) is 1. The normalized spacial score (nSPS) is 14.9. The van der Waals surface area contributed by atoms with E-state index >= 15 is 0 Å². The van der Waals surface area contributed by atoms with Crippen molar-refractivity contribution in [2.75, 3.05) is 17.7 Å². The van der Waals surface area contributed by atoms with Crippen molar-refractivity contribution in [2.24, 2.45) is 0 Å². The number of aryl methyl sites for hydroxylation is 1. The highest BCUT2D eigenvalue weighted by Gasteiger charge is 2.35. The van der Waals surface area contributed by atoms with E-state index in [1.54, 1.807) is 16.4 Å². The van der Waals surface area contributed by atoms with Crippen LogP contribution in [-0.2, 0) is 16.1 Å². The number of rotatable bonds is 10. The van der Waals surface area contributed by atoms with Crippen LogP contribution in [0.5, 0.6) is 5.75 Å². The number of esters is 1. The maximum absolute atomic E-state index is 13.0. The molecule has 1 aromatic heterocycles. The van der Waals surface area contributed by atoms with Crippen molar-refractivity contribution in [3.8, 4) is 5.75 Å². The second-order valence-corrected chi connectivity index (χ2v) is 9.56. The molecule has 2 heterocycles. The molecule has 1 aliphatic heterocycles. The Morgan fingerprint density at radius 3 is 2.66 bits per heavy atom. The largest absolute Gasteiger partial charge is 0.489 e. The lowest BCUT2D eigenvalue weighted by Gasteiger charge is -2.28. The third-order valence-electron chi connectivity index (χ3n) is 5.74. The van der Waals surface area contributed by atoms with E-state index in [1.165, 1.54) is 5.56 Å². The number of allylic oxidation sites excluding steroid dienone is 1. The Balaban J connectivity index is 1.61. The van der Waals surface area contributed by atoms with E-state index in [1.807, 2.05) is 44.2 Å². The second-order valence-electron chi connectivity index (χ2n) is 8.50. The minimum atomic E-state index is -0.441. The van der Waals surface area contributed by atoms with Crippen molar-refractivity contribution in [3.63, 3.8) is 0 Å². The van der Waals surface area contributed by atoms with Gasteiger partial charge in [0.1, 0.15) is 18.4 Å². The van der Waals surface area contributed by atoms with Gasteiger partial charge in [0.05, 0.1) is 12.2 Å². The first kappa shape index (κ1) is 24.9. The molecule has 3 aromatic rings. The Morgan fingerprint density at radius 1 is 1.14 bits per heavy atom. The summed E-state index contributed by atoms with van der Waals surface area (Å²) in [6.45, 7) is 8.71. The van der Waals surface area contributed by atoms with Crippen LogP contribution in [0.15, 0.2) is 65.0 Å². The highest BCUT2D eigenvalue weighted by Crippen LogP contribution is 2.37. The van der Waals surface area contributed by atoms with Gasteiger partial charge in [-0.05, 0) is 50.5 Å². The molecule has 0 radical (unpaired) electrons. The molecule has 0 saturated heterocycles. The van der Waals surface area contributed by atoms with Crippen molar-refractivity contribution in [1.82, 2.24) is 14.8 Å². The Bertz CT molecular complexity index is 1200. The summed E-state index contributed by atoms with van der Waals surface area (Å²) in [4.78, 5) is 17.6. The van der Waals surface area contributed by atoms with Crippen LogP contribution >= 0.6 is 11.8 Å². The molecule has 0 bridgehead atoms. The molecule has 0 saturated carbocycles. The summed E-state index contributed by atoms with van der Waals surface area (Å²) in [5.41, 5.74) is 4.49. The molecule has 1 unspecified atom stereocenters. The van der Waals surface area contributed by atoms with Gasteiger partial charge in [0.25, 0.3) is 0 Å². The lowest BCUT2D eigenvalue weighted by Crippen LogP contribution is -2.29. The Labute approximate surface area is 210 Å². The number of anilines is 1. The number of nitrogens with zero attached hydrogens (tertiary/aromatic N) is 3. The number of hydrogen-bond acceptors (Lipinski definition) is 7. The average Bonchev–Trinajstić information content (AvgIpc) is 3.25. The molecule has 1 atom stereocenters. The number of thioether (sulfide) groups is 1. The Hall–Kier alpha value is -3.26. The summed E-state index contributed by atoms with van der Waals surface area (Å²) in [7, 11) is 0. The smallest absolute Gasteiger partial charge is 0.338 e. The molecule has 1 aliphatic rings. The molecule has 0 aliphatic carbocycles. The summed E-state index contributed by atoms with van der Waals surface area (Å²) < 4.78 is 13.2. The second kappa shape index (κ2) is 11.4. The van der Waals surface area contributed by atoms with Crippen molar-refractivity contribution in [2.45, 2.75) is 58.3 Å². The number of aromatic nitrogens is 3. The average molecular weight is 493 g/mol. The number of carbonyl (C=O) groups excluding carboxylic acids is 1. The highest BCUT2D eigenvalue weighted by molar-refractivity contribution is 7.99. The van der Waals surface area contributed by atoms with Crippen LogP contribution in [0.25, 0.3) is 0 Å². The van der Waals surface area contributed by atoms with Crippen LogP contribution < -0.4 is 10.1 Å². The maximum atomic E-state index is 13.0. The van der Waals surface area contributed by atoms with Gasteiger partial charge >= 0.3 is 5.97 Å². The zero-order chi connectivity index (χ0) is 24.8. The molecule has 8 heteroatoms. The van der Waals surface area contributed by atoms with Gasteiger partial charge in [-0.25, -0.2) is 9.48 Å². The van der Waals surface area contributed by atoms with E-state index in [-0.39, 0.29) is 5.97 Å². The quantitative estimate of drug-likeness (QED) is 0.214. The van der Waals surface area contributed by atoms with Crippen LogP contribution in [0.3, 0.4) is 0 Å². The van der Waals surface area contributed by atoms with Crippen LogP contribution in [0.4, 0.5) is 5.95 Å². The fourth-order valence-corrected chi connectivity index (χ4v) is 4.91. The molecular weight excluding hydrogens is 460 g/mol. The predicted molar refractivity (Wildman–Crippen MR) is 139 cm³/mol. The fourth-order valence-electron chi connectivity index (χ4n) is 4.00. The Kier molecular flexibility index (Phi) is 8.13. The van der Waals surface area contributed by atoms with E-state index in [0.717, 1.165) is 41.2 Å². The molecule has 2 aromatic carbocycles. The summed E-state index contributed by atoms with van der Waals surface area (Å²) in [6.07, 6.45) is 2.22. The molecule has 0 fully saturated rings. The zero-order valence-electron chi connectivity index (χ0n) is 20.7. The molecule has 184 valence electrons. The third kappa shape index (κ3) is 5.88. The molecule has 0 amide bonds. The van der Waals surface area contributed by atoms with Gasteiger partial charge in [-0.1, -0.05) is 67.1 Å². The lowest BCUT2D eigenvalue weighted by molar-refractivity contribution is -0.139. The van der Waals surface area contributed by atoms with E-state index < -0.39 is 6.04 Å². The van der Waals surface area contributed by atoms with Crippen molar-refractivity contribution < 1.29 is 14.3 Å². The summed E-state index contributed by atoms with van der Waals surface area (Å²) in [6, 6.07) is 15.6. The van der Waals surface area contributed by atoms with Crippen molar-refractivity contribution in [1.29, 1.82) is 0 Å². The summed E-state index contributed by atoms with van der Waals surface area (Å²) >= 11 is 1.63. The number of benzene rings is 2.